The number of hydrogen-bond acceptors (Lipinski definition) is 4. The number of carboxylic acid groups (broad SMARTS) is 1. The van der Waals surface area contributed by atoms with E-state index >= 15 is 0 Å². The molecule has 1 aromatic rings. The van der Waals surface area contributed by atoms with E-state index in [9.17, 15) is 14.4 Å². The average molecular weight is 402 g/mol. The maximum Gasteiger partial charge on any atom is 0.303 e. The van der Waals surface area contributed by atoms with E-state index in [-0.39, 0.29) is 36.2 Å². The van der Waals surface area contributed by atoms with E-state index in [1.807, 2.05) is 18.2 Å². The topological polar surface area (TPSA) is 98.7 Å². The molecule has 29 heavy (non-hydrogen) atoms. The molecule has 0 radical (unpaired) electrons. The molecule has 4 atom stereocenters. The van der Waals surface area contributed by atoms with Crippen LogP contribution < -0.4 is 10.6 Å². The predicted molar refractivity (Wildman–Crippen MR) is 109 cm³/mol. The minimum atomic E-state index is -0.785. The van der Waals surface area contributed by atoms with Crippen LogP contribution in [0.2, 0.25) is 0 Å². The Balaban J connectivity index is 1.58. The van der Waals surface area contributed by atoms with E-state index in [1.54, 1.807) is 12.1 Å². The number of nitrogens with one attached hydrogen (secondary N) is 2. The molecule has 2 bridgehead atoms. The third-order valence-corrected chi connectivity index (χ3v) is 6.29. The van der Waals surface area contributed by atoms with E-state index in [0.717, 1.165) is 32.1 Å². The molecular formula is C22H31N3O4. The summed E-state index contributed by atoms with van der Waals surface area (Å²) in [5.74, 6) is -1.21. The molecule has 2 heterocycles. The predicted octanol–water partition coefficient (Wildman–Crippen LogP) is 2.03. The molecule has 0 unspecified atom stereocenters. The van der Waals surface area contributed by atoms with Gasteiger partial charge in [-0.25, -0.2) is 0 Å². The summed E-state index contributed by atoms with van der Waals surface area (Å²) >= 11 is 0. The number of benzene rings is 1. The standard InChI is InChI=1S/C22H31N3O4/c1-25-16-11-12-18(25)20(22(29)23-13-7-3-6-10-19(26)27)17(14-16)24-21(28)15-8-4-2-5-9-15/h2,4-5,8-9,16-18,20H,3,6-7,10-14H2,1H3,(H,23,29)(H,24,28)(H,26,27)/t16-,17-,18+,20-/m0/s1. The Morgan fingerprint density at radius 3 is 2.59 bits per heavy atom. The molecule has 2 aliphatic heterocycles. The van der Waals surface area contributed by atoms with Gasteiger partial charge in [0.05, 0.1) is 5.92 Å². The largest absolute Gasteiger partial charge is 0.481 e. The summed E-state index contributed by atoms with van der Waals surface area (Å²) in [6, 6.07) is 9.48. The minimum absolute atomic E-state index is 0.0150. The van der Waals surface area contributed by atoms with Gasteiger partial charge in [-0.15, -0.1) is 0 Å². The van der Waals surface area contributed by atoms with Gasteiger partial charge in [-0.1, -0.05) is 24.6 Å². The first-order valence-corrected chi connectivity index (χ1v) is 10.5. The van der Waals surface area contributed by atoms with Gasteiger partial charge in [-0.3, -0.25) is 19.3 Å². The van der Waals surface area contributed by atoms with Crippen molar-refractivity contribution in [1.82, 2.24) is 15.5 Å². The summed E-state index contributed by atoms with van der Waals surface area (Å²) in [5, 5.41) is 14.8. The van der Waals surface area contributed by atoms with E-state index in [0.29, 0.717) is 24.6 Å². The Labute approximate surface area is 171 Å². The van der Waals surface area contributed by atoms with Crippen LogP contribution in [-0.2, 0) is 9.59 Å². The van der Waals surface area contributed by atoms with Gasteiger partial charge in [0, 0.05) is 36.7 Å². The summed E-state index contributed by atoms with van der Waals surface area (Å²) in [7, 11) is 2.07. The Kier molecular flexibility index (Phi) is 7.25. The number of amides is 2. The second-order valence-electron chi connectivity index (χ2n) is 8.17. The van der Waals surface area contributed by atoms with Gasteiger partial charge in [0.25, 0.3) is 5.91 Å². The van der Waals surface area contributed by atoms with Crippen molar-refractivity contribution in [3.05, 3.63) is 35.9 Å². The van der Waals surface area contributed by atoms with Crippen molar-refractivity contribution < 1.29 is 19.5 Å². The van der Waals surface area contributed by atoms with E-state index in [4.69, 9.17) is 5.11 Å². The number of unbranched alkanes of at least 4 members (excludes halogenated alkanes) is 2. The molecule has 7 nitrogen and oxygen atoms in total. The zero-order valence-electron chi connectivity index (χ0n) is 17.0. The molecule has 0 saturated carbocycles. The zero-order valence-corrected chi connectivity index (χ0v) is 17.0. The molecule has 2 fully saturated rings. The van der Waals surface area contributed by atoms with Crippen LogP contribution in [0.5, 0.6) is 0 Å². The summed E-state index contributed by atoms with van der Waals surface area (Å²) < 4.78 is 0. The highest BCUT2D eigenvalue weighted by Gasteiger charge is 2.49. The van der Waals surface area contributed by atoms with E-state index < -0.39 is 5.97 Å². The summed E-state index contributed by atoms with van der Waals surface area (Å²) in [5.41, 5.74) is 0.608. The second kappa shape index (κ2) is 9.87. The Morgan fingerprint density at radius 1 is 1.10 bits per heavy atom. The first-order valence-electron chi connectivity index (χ1n) is 10.5. The van der Waals surface area contributed by atoms with Crippen molar-refractivity contribution in [2.75, 3.05) is 13.6 Å². The number of carbonyl (C=O) groups excluding carboxylic acids is 2. The lowest BCUT2D eigenvalue weighted by molar-refractivity contribution is -0.137. The lowest BCUT2D eigenvalue weighted by Crippen LogP contribution is -2.59. The lowest BCUT2D eigenvalue weighted by Gasteiger charge is -2.42. The summed E-state index contributed by atoms with van der Waals surface area (Å²) in [6.07, 6.45) is 5.12. The van der Waals surface area contributed by atoms with Crippen molar-refractivity contribution >= 4 is 17.8 Å². The van der Waals surface area contributed by atoms with Crippen molar-refractivity contribution in [1.29, 1.82) is 0 Å². The van der Waals surface area contributed by atoms with Crippen LogP contribution in [0.4, 0.5) is 0 Å². The molecule has 0 aromatic heterocycles. The van der Waals surface area contributed by atoms with Crippen LogP contribution >= 0.6 is 0 Å². The van der Waals surface area contributed by atoms with Gasteiger partial charge in [-0.05, 0) is 51.3 Å². The number of carbonyl (C=O) groups is 3. The monoisotopic (exact) mass is 401 g/mol. The Bertz CT molecular complexity index is 724. The zero-order chi connectivity index (χ0) is 20.8. The molecule has 2 amide bonds. The number of fused-ring (bicyclic) bond motifs is 2. The summed E-state index contributed by atoms with van der Waals surface area (Å²) in [6.45, 7) is 0.536. The maximum absolute atomic E-state index is 13.0. The highest BCUT2D eigenvalue weighted by atomic mass is 16.4. The second-order valence-corrected chi connectivity index (χ2v) is 8.17. The SMILES string of the molecule is CN1[C@H]2CC[C@@H]1[C@@H](C(=O)NCCCCCC(=O)O)[C@@H](NC(=O)c1ccccc1)C2. The lowest BCUT2D eigenvalue weighted by atomic mass is 9.84. The van der Waals surface area contributed by atoms with Crippen molar-refractivity contribution in [2.45, 2.75) is 63.1 Å². The highest BCUT2D eigenvalue weighted by Crippen LogP contribution is 2.38. The summed E-state index contributed by atoms with van der Waals surface area (Å²) in [4.78, 5) is 38.6. The molecule has 2 saturated heterocycles. The van der Waals surface area contributed by atoms with Crippen molar-refractivity contribution in [2.24, 2.45) is 5.92 Å². The molecule has 7 heteroatoms. The number of aliphatic carboxylic acids is 1. The number of piperidine rings is 1. The molecule has 3 rings (SSSR count). The molecule has 3 N–H and O–H groups in total. The van der Waals surface area contributed by atoms with E-state index in [1.165, 1.54) is 0 Å². The first kappa shape index (κ1) is 21.3. The number of nitrogens with zero attached hydrogens (tertiary/aromatic N) is 1. The quantitative estimate of drug-likeness (QED) is 0.550. The van der Waals surface area contributed by atoms with Crippen molar-refractivity contribution in [3.63, 3.8) is 0 Å². The smallest absolute Gasteiger partial charge is 0.303 e. The van der Waals surface area contributed by atoms with E-state index in [2.05, 4.69) is 22.6 Å². The van der Waals surface area contributed by atoms with Gasteiger partial charge in [0.2, 0.25) is 5.91 Å². The van der Waals surface area contributed by atoms with Crippen LogP contribution in [0, 0.1) is 5.92 Å². The highest BCUT2D eigenvalue weighted by molar-refractivity contribution is 5.95. The first-order chi connectivity index (χ1) is 14.0. The molecular weight excluding hydrogens is 370 g/mol. The van der Waals surface area contributed by atoms with Gasteiger partial charge in [0.15, 0.2) is 0 Å². The molecule has 0 spiro atoms. The molecule has 0 aliphatic carbocycles. The average Bonchev–Trinajstić information content (AvgIpc) is 2.94. The third-order valence-electron chi connectivity index (χ3n) is 6.29. The molecule has 1 aromatic carbocycles. The fraction of sp³-hybridized carbons (Fsp3) is 0.591. The van der Waals surface area contributed by atoms with Gasteiger partial charge < -0.3 is 15.7 Å². The fourth-order valence-electron chi connectivity index (χ4n) is 4.72. The van der Waals surface area contributed by atoms with Crippen LogP contribution in [0.25, 0.3) is 0 Å². The van der Waals surface area contributed by atoms with Crippen LogP contribution in [0.15, 0.2) is 30.3 Å². The van der Waals surface area contributed by atoms with Gasteiger partial charge >= 0.3 is 5.97 Å². The number of rotatable bonds is 9. The van der Waals surface area contributed by atoms with Gasteiger partial charge in [-0.2, -0.15) is 0 Å². The Morgan fingerprint density at radius 2 is 1.86 bits per heavy atom. The third kappa shape index (κ3) is 5.35. The molecule has 158 valence electrons. The normalized spacial score (nSPS) is 26.1. The minimum Gasteiger partial charge on any atom is -0.481 e. The van der Waals surface area contributed by atoms with Crippen LogP contribution in [-0.4, -0.2) is 59.5 Å². The van der Waals surface area contributed by atoms with Crippen molar-refractivity contribution in [3.8, 4) is 0 Å². The van der Waals surface area contributed by atoms with Crippen LogP contribution in [0.1, 0.15) is 55.3 Å². The number of hydrogen-bond donors (Lipinski definition) is 3. The maximum atomic E-state index is 13.0. The van der Waals surface area contributed by atoms with Crippen LogP contribution in [0.3, 0.4) is 0 Å². The molecule has 2 aliphatic rings. The fourth-order valence-corrected chi connectivity index (χ4v) is 4.72. The number of carboxylic acids is 1. The van der Waals surface area contributed by atoms with Gasteiger partial charge in [0.1, 0.15) is 0 Å². The Hall–Kier alpha value is -2.41.